The maximum atomic E-state index is 13.3. The molecule has 2 unspecified atom stereocenters. The van der Waals surface area contributed by atoms with Gasteiger partial charge in [-0.3, -0.25) is 4.79 Å². The van der Waals surface area contributed by atoms with Gasteiger partial charge in [-0.1, -0.05) is 12.6 Å². The molecule has 2 atom stereocenters. The third kappa shape index (κ3) is 3.38. The van der Waals surface area contributed by atoms with Gasteiger partial charge in [-0.25, -0.2) is 9.67 Å². The fourth-order valence-electron chi connectivity index (χ4n) is 3.42. The van der Waals surface area contributed by atoms with Gasteiger partial charge in [0.05, 0.1) is 14.2 Å². The molecule has 0 aliphatic carbocycles. The van der Waals surface area contributed by atoms with Crippen molar-refractivity contribution in [3.63, 3.8) is 0 Å². The van der Waals surface area contributed by atoms with Crippen LogP contribution in [0.1, 0.15) is 11.6 Å². The van der Waals surface area contributed by atoms with Gasteiger partial charge in [-0.05, 0) is 30.3 Å². The molecule has 1 aliphatic rings. The van der Waals surface area contributed by atoms with Gasteiger partial charge in [0.2, 0.25) is 11.9 Å². The lowest BCUT2D eigenvalue weighted by atomic mass is 9.87. The van der Waals surface area contributed by atoms with Gasteiger partial charge in [0.1, 0.15) is 35.6 Å². The molecule has 4 rings (SSSR count). The number of benzene rings is 1. The second kappa shape index (κ2) is 7.63. The van der Waals surface area contributed by atoms with Crippen molar-refractivity contribution in [2.24, 2.45) is 5.92 Å². The van der Waals surface area contributed by atoms with Crippen molar-refractivity contribution in [1.29, 1.82) is 0 Å². The Kier molecular flexibility index (Phi) is 4.86. The molecule has 0 saturated carbocycles. The summed E-state index contributed by atoms with van der Waals surface area (Å²) in [5.74, 6) is 1.19. The minimum atomic E-state index is -0.702. The van der Waals surface area contributed by atoms with Crippen molar-refractivity contribution >= 4 is 17.7 Å². The van der Waals surface area contributed by atoms with Gasteiger partial charge in [-0.15, -0.1) is 0 Å². The number of hydrogen-bond acceptors (Lipinski definition) is 7. The molecule has 1 aliphatic heterocycles. The molecular weight excluding hydrogens is 372 g/mol. The number of amides is 1. The van der Waals surface area contributed by atoms with Gasteiger partial charge in [-0.2, -0.15) is 10.1 Å². The summed E-state index contributed by atoms with van der Waals surface area (Å²) in [6.07, 6.45) is 3.04. The summed E-state index contributed by atoms with van der Waals surface area (Å²) in [6.45, 7) is 4.07. The van der Waals surface area contributed by atoms with Crippen molar-refractivity contribution < 1.29 is 14.3 Å². The quantitative estimate of drug-likeness (QED) is 0.687. The first-order valence-electron chi connectivity index (χ1n) is 8.91. The molecule has 3 heterocycles. The van der Waals surface area contributed by atoms with Crippen LogP contribution in [0.5, 0.6) is 11.5 Å². The lowest BCUT2D eigenvalue weighted by Crippen LogP contribution is -2.39. The van der Waals surface area contributed by atoms with Crippen LogP contribution < -0.4 is 20.1 Å². The summed E-state index contributed by atoms with van der Waals surface area (Å²) in [5, 5.41) is 10.2. The molecule has 9 heteroatoms. The van der Waals surface area contributed by atoms with Gasteiger partial charge in [0.25, 0.3) is 0 Å². The number of carbonyl (C=O) groups excluding carboxylic acids is 1. The Labute approximate surface area is 167 Å². The van der Waals surface area contributed by atoms with Crippen LogP contribution in [-0.4, -0.2) is 39.9 Å². The van der Waals surface area contributed by atoms with Gasteiger partial charge in [0, 0.05) is 17.5 Å². The molecule has 0 radical (unpaired) electrons. The third-order valence-electron chi connectivity index (χ3n) is 4.75. The van der Waals surface area contributed by atoms with Crippen molar-refractivity contribution in [2.75, 3.05) is 24.9 Å². The SMILES string of the molecule is C=C1Nc2ncnn2C(c2cc(OC)ccc2OC)C1C(=O)Nc1ccccn1. The highest BCUT2D eigenvalue weighted by Gasteiger charge is 2.41. The van der Waals surface area contributed by atoms with Crippen LogP contribution >= 0.6 is 0 Å². The first-order chi connectivity index (χ1) is 14.1. The standard InChI is InChI=1S/C20H20N6O3/c1-12-17(19(27)25-16-6-4-5-9-21-16)18(26-20(24-12)22-11-23-26)14-10-13(28-2)7-8-15(14)29-3/h4-11,17-18H,1H2,2-3H3,(H,21,25,27)(H,22,23,24). The fraction of sp³-hybridized carbons (Fsp3) is 0.200. The summed E-state index contributed by atoms with van der Waals surface area (Å²) in [4.78, 5) is 21.7. The molecule has 0 spiro atoms. The highest BCUT2D eigenvalue weighted by molar-refractivity contribution is 5.95. The van der Waals surface area contributed by atoms with Crippen molar-refractivity contribution in [2.45, 2.75) is 6.04 Å². The molecule has 1 aromatic carbocycles. The molecule has 148 valence electrons. The average Bonchev–Trinajstić information content (AvgIpc) is 3.20. The number of carbonyl (C=O) groups is 1. The topological polar surface area (TPSA) is 103 Å². The first-order valence-corrected chi connectivity index (χ1v) is 8.91. The number of aromatic nitrogens is 4. The zero-order valence-corrected chi connectivity index (χ0v) is 16.0. The number of rotatable bonds is 5. The van der Waals surface area contributed by atoms with Gasteiger partial charge >= 0.3 is 0 Å². The van der Waals surface area contributed by atoms with Crippen molar-refractivity contribution in [3.8, 4) is 11.5 Å². The molecule has 9 nitrogen and oxygen atoms in total. The molecular formula is C20H20N6O3. The molecule has 0 bridgehead atoms. The monoisotopic (exact) mass is 392 g/mol. The van der Waals surface area contributed by atoms with Gasteiger partial charge < -0.3 is 20.1 Å². The number of methoxy groups -OCH3 is 2. The van der Waals surface area contributed by atoms with Crippen LogP contribution in [-0.2, 0) is 4.79 Å². The van der Waals surface area contributed by atoms with E-state index in [9.17, 15) is 4.79 Å². The van der Waals surface area contributed by atoms with Crippen LogP contribution in [0.15, 0.2) is 61.2 Å². The molecule has 1 amide bonds. The Morgan fingerprint density at radius 3 is 2.79 bits per heavy atom. The smallest absolute Gasteiger partial charge is 0.237 e. The van der Waals surface area contributed by atoms with E-state index in [4.69, 9.17) is 9.47 Å². The van der Waals surface area contributed by atoms with Crippen LogP contribution in [0.25, 0.3) is 0 Å². The van der Waals surface area contributed by atoms with Crippen LogP contribution in [0.4, 0.5) is 11.8 Å². The predicted octanol–water partition coefficient (Wildman–Crippen LogP) is 2.47. The average molecular weight is 392 g/mol. The summed E-state index contributed by atoms with van der Waals surface area (Å²) < 4.78 is 12.6. The Morgan fingerprint density at radius 2 is 2.07 bits per heavy atom. The Hall–Kier alpha value is -3.88. The fourth-order valence-corrected chi connectivity index (χ4v) is 3.42. The second-order valence-corrected chi connectivity index (χ2v) is 6.41. The predicted molar refractivity (Wildman–Crippen MR) is 107 cm³/mol. The zero-order chi connectivity index (χ0) is 20.4. The lowest BCUT2D eigenvalue weighted by molar-refractivity contribution is -0.119. The maximum absolute atomic E-state index is 13.3. The number of pyridine rings is 1. The van der Waals surface area contributed by atoms with Crippen molar-refractivity contribution in [3.05, 3.63) is 66.8 Å². The summed E-state index contributed by atoms with van der Waals surface area (Å²) in [5.41, 5.74) is 1.22. The van der Waals surface area contributed by atoms with Crippen LogP contribution in [0.2, 0.25) is 0 Å². The van der Waals surface area contributed by atoms with E-state index < -0.39 is 12.0 Å². The number of fused-ring (bicyclic) bond motifs is 1. The van der Waals surface area contributed by atoms with Crippen molar-refractivity contribution in [1.82, 2.24) is 19.7 Å². The highest BCUT2D eigenvalue weighted by atomic mass is 16.5. The maximum Gasteiger partial charge on any atom is 0.237 e. The Balaban J connectivity index is 1.81. The van der Waals surface area contributed by atoms with E-state index >= 15 is 0 Å². The summed E-state index contributed by atoms with van der Waals surface area (Å²) in [6, 6.07) is 10.2. The number of ether oxygens (including phenoxy) is 2. The van der Waals surface area contributed by atoms with Crippen LogP contribution in [0, 0.1) is 5.92 Å². The molecule has 2 aromatic heterocycles. The molecule has 2 N–H and O–H groups in total. The highest BCUT2D eigenvalue weighted by Crippen LogP contribution is 2.42. The molecule has 0 fully saturated rings. The minimum absolute atomic E-state index is 0.280. The molecule has 0 saturated heterocycles. The number of nitrogens with one attached hydrogen (secondary N) is 2. The zero-order valence-electron chi connectivity index (χ0n) is 16.0. The number of anilines is 2. The normalized spacial score (nSPS) is 17.8. The van der Waals surface area contributed by atoms with E-state index in [1.165, 1.54) is 6.33 Å². The summed E-state index contributed by atoms with van der Waals surface area (Å²) >= 11 is 0. The summed E-state index contributed by atoms with van der Waals surface area (Å²) in [7, 11) is 3.16. The van der Waals surface area contributed by atoms with E-state index in [0.29, 0.717) is 29.0 Å². The Bertz CT molecular complexity index is 1050. The number of hydrogen-bond donors (Lipinski definition) is 2. The first kappa shape index (κ1) is 18.5. The Morgan fingerprint density at radius 1 is 1.21 bits per heavy atom. The van der Waals surface area contributed by atoms with E-state index in [1.54, 1.807) is 55.4 Å². The van der Waals surface area contributed by atoms with E-state index in [-0.39, 0.29) is 5.91 Å². The lowest BCUT2D eigenvalue weighted by Gasteiger charge is -2.34. The molecule has 3 aromatic rings. The minimum Gasteiger partial charge on any atom is -0.497 e. The van der Waals surface area contributed by atoms with E-state index in [0.717, 1.165) is 5.56 Å². The van der Waals surface area contributed by atoms with E-state index in [2.05, 4.69) is 32.3 Å². The number of nitrogens with zero attached hydrogens (tertiary/aromatic N) is 4. The van der Waals surface area contributed by atoms with Gasteiger partial charge in [0.15, 0.2) is 0 Å². The van der Waals surface area contributed by atoms with Crippen LogP contribution in [0.3, 0.4) is 0 Å². The molecule has 29 heavy (non-hydrogen) atoms. The largest absolute Gasteiger partial charge is 0.497 e. The third-order valence-corrected chi connectivity index (χ3v) is 4.75. The second-order valence-electron chi connectivity index (χ2n) is 6.41. The van der Waals surface area contributed by atoms with E-state index in [1.807, 2.05) is 6.07 Å².